The summed E-state index contributed by atoms with van der Waals surface area (Å²) in [6.07, 6.45) is 15.8. The van der Waals surface area contributed by atoms with Gasteiger partial charge in [-0.05, 0) is 30.6 Å². The molecule has 1 aliphatic rings. The van der Waals surface area contributed by atoms with E-state index in [0.717, 1.165) is 19.1 Å². The van der Waals surface area contributed by atoms with E-state index >= 15 is 0 Å². The van der Waals surface area contributed by atoms with Crippen molar-refractivity contribution in [1.29, 1.82) is 0 Å². The van der Waals surface area contributed by atoms with Crippen LogP contribution in [0.3, 0.4) is 0 Å². The molecule has 126 valence electrons. The normalized spacial score (nSPS) is 17.9. The largest absolute Gasteiger partial charge is 0.383 e. The van der Waals surface area contributed by atoms with Gasteiger partial charge in [-0.2, -0.15) is 0 Å². The zero-order valence-electron chi connectivity index (χ0n) is 14.9. The van der Waals surface area contributed by atoms with Gasteiger partial charge in [0, 0.05) is 20.2 Å². The summed E-state index contributed by atoms with van der Waals surface area (Å²) in [4.78, 5) is 0. The van der Waals surface area contributed by atoms with Crippen LogP contribution in [0.25, 0.3) is 0 Å². The minimum absolute atomic E-state index is 0.538. The topological polar surface area (TPSA) is 21.3 Å². The first kappa shape index (κ1) is 19.0. The van der Waals surface area contributed by atoms with Crippen molar-refractivity contribution >= 4 is 0 Å². The van der Waals surface area contributed by atoms with Crippen LogP contribution >= 0.6 is 0 Å². The number of hydrogen-bond acceptors (Lipinski definition) is 2. The molecule has 0 radical (unpaired) electrons. The quantitative estimate of drug-likeness (QED) is 0.421. The molecule has 1 unspecified atom stereocenters. The van der Waals surface area contributed by atoms with Crippen LogP contribution in [0.1, 0.15) is 84.5 Å². The van der Waals surface area contributed by atoms with E-state index in [1.807, 2.05) is 0 Å². The van der Waals surface area contributed by atoms with E-state index in [0.29, 0.717) is 5.41 Å². The Bertz CT molecular complexity index is 240. The second-order valence-corrected chi connectivity index (χ2v) is 7.32. The van der Waals surface area contributed by atoms with Crippen LogP contribution in [0.2, 0.25) is 0 Å². The van der Waals surface area contributed by atoms with Crippen LogP contribution in [0.15, 0.2) is 0 Å². The lowest BCUT2D eigenvalue weighted by molar-refractivity contribution is 0.182. The SMILES string of the molecule is CCCCCCCCCCC(C)(CNCCOC)C1CC1. The van der Waals surface area contributed by atoms with Crippen LogP contribution in [-0.4, -0.2) is 26.8 Å². The molecule has 1 rings (SSSR count). The van der Waals surface area contributed by atoms with Gasteiger partial charge in [0.15, 0.2) is 0 Å². The van der Waals surface area contributed by atoms with Gasteiger partial charge in [-0.25, -0.2) is 0 Å². The Morgan fingerprint density at radius 3 is 2.19 bits per heavy atom. The van der Waals surface area contributed by atoms with Crippen LogP contribution in [0.4, 0.5) is 0 Å². The molecule has 1 N–H and O–H groups in total. The van der Waals surface area contributed by atoms with Gasteiger partial charge in [0.1, 0.15) is 0 Å². The average molecular weight is 298 g/mol. The molecule has 0 aromatic rings. The van der Waals surface area contributed by atoms with Gasteiger partial charge >= 0.3 is 0 Å². The zero-order valence-corrected chi connectivity index (χ0v) is 14.9. The Morgan fingerprint density at radius 1 is 1.00 bits per heavy atom. The van der Waals surface area contributed by atoms with Crippen molar-refractivity contribution in [2.24, 2.45) is 11.3 Å². The van der Waals surface area contributed by atoms with E-state index in [-0.39, 0.29) is 0 Å². The first-order valence-corrected chi connectivity index (χ1v) is 9.42. The molecule has 1 aliphatic carbocycles. The highest BCUT2D eigenvalue weighted by molar-refractivity contribution is 4.92. The highest BCUT2D eigenvalue weighted by Gasteiger charge is 2.40. The summed E-state index contributed by atoms with van der Waals surface area (Å²) in [5.74, 6) is 0.983. The van der Waals surface area contributed by atoms with Crippen LogP contribution < -0.4 is 5.32 Å². The van der Waals surface area contributed by atoms with Crippen molar-refractivity contribution < 1.29 is 4.74 Å². The molecule has 2 nitrogen and oxygen atoms in total. The molecule has 2 heteroatoms. The fraction of sp³-hybridized carbons (Fsp3) is 1.00. The number of ether oxygens (including phenoxy) is 1. The standard InChI is InChI=1S/C19H39NO/c1-4-5-6-7-8-9-10-11-14-19(2,18-12-13-18)17-20-15-16-21-3/h18,20H,4-17H2,1-3H3. The van der Waals surface area contributed by atoms with Gasteiger partial charge in [0.2, 0.25) is 0 Å². The van der Waals surface area contributed by atoms with Gasteiger partial charge < -0.3 is 10.1 Å². The summed E-state index contributed by atoms with van der Waals surface area (Å²) in [5, 5.41) is 3.60. The summed E-state index contributed by atoms with van der Waals surface area (Å²) in [6, 6.07) is 0. The number of rotatable bonds is 15. The van der Waals surface area contributed by atoms with Crippen LogP contribution in [0.5, 0.6) is 0 Å². The average Bonchev–Trinajstić information content (AvgIpc) is 3.32. The van der Waals surface area contributed by atoms with Crippen molar-refractivity contribution in [3.05, 3.63) is 0 Å². The molecular weight excluding hydrogens is 258 g/mol. The minimum atomic E-state index is 0.538. The van der Waals surface area contributed by atoms with Crippen molar-refractivity contribution in [2.75, 3.05) is 26.8 Å². The third-order valence-corrected chi connectivity index (χ3v) is 5.18. The lowest BCUT2D eigenvalue weighted by atomic mass is 9.79. The van der Waals surface area contributed by atoms with E-state index in [2.05, 4.69) is 19.2 Å². The maximum absolute atomic E-state index is 5.12. The van der Waals surface area contributed by atoms with E-state index in [4.69, 9.17) is 4.74 Å². The summed E-state index contributed by atoms with van der Waals surface area (Å²) >= 11 is 0. The molecule has 21 heavy (non-hydrogen) atoms. The Morgan fingerprint density at radius 2 is 1.62 bits per heavy atom. The van der Waals surface area contributed by atoms with Crippen LogP contribution in [0, 0.1) is 11.3 Å². The Kier molecular flexibility index (Phi) is 10.4. The first-order valence-electron chi connectivity index (χ1n) is 9.42. The fourth-order valence-corrected chi connectivity index (χ4v) is 3.43. The number of hydrogen-bond donors (Lipinski definition) is 1. The Hall–Kier alpha value is -0.0800. The molecule has 1 atom stereocenters. The molecule has 0 heterocycles. The van der Waals surface area contributed by atoms with E-state index in [9.17, 15) is 0 Å². The Balaban J connectivity index is 2.05. The number of methoxy groups -OCH3 is 1. The Labute approximate surface area is 133 Å². The second kappa shape index (κ2) is 11.5. The number of unbranched alkanes of at least 4 members (excludes halogenated alkanes) is 7. The maximum Gasteiger partial charge on any atom is 0.0587 e. The smallest absolute Gasteiger partial charge is 0.0587 e. The maximum atomic E-state index is 5.12. The van der Waals surface area contributed by atoms with Crippen molar-refractivity contribution in [1.82, 2.24) is 5.32 Å². The third kappa shape index (κ3) is 8.83. The minimum Gasteiger partial charge on any atom is -0.383 e. The van der Waals surface area contributed by atoms with E-state index in [1.165, 1.54) is 77.2 Å². The molecule has 1 fully saturated rings. The highest BCUT2D eigenvalue weighted by Crippen LogP contribution is 2.48. The molecule has 0 bridgehead atoms. The monoisotopic (exact) mass is 297 g/mol. The third-order valence-electron chi connectivity index (χ3n) is 5.18. The van der Waals surface area contributed by atoms with E-state index in [1.54, 1.807) is 7.11 Å². The summed E-state index contributed by atoms with van der Waals surface area (Å²) in [7, 11) is 1.78. The molecular formula is C19H39NO. The van der Waals surface area contributed by atoms with Gasteiger partial charge in [0.05, 0.1) is 6.61 Å². The van der Waals surface area contributed by atoms with Gasteiger partial charge in [-0.15, -0.1) is 0 Å². The second-order valence-electron chi connectivity index (χ2n) is 7.32. The molecule has 0 aromatic heterocycles. The molecule has 0 aliphatic heterocycles. The van der Waals surface area contributed by atoms with E-state index < -0.39 is 0 Å². The molecule has 0 amide bonds. The molecule has 1 saturated carbocycles. The summed E-state index contributed by atoms with van der Waals surface area (Å²) in [5.41, 5.74) is 0.538. The van der Waals surface area contributed by atoms with Gasteiger partial charge in [-0.1, -0.05) is 65.2 Å². The van der Waals surface area contributed by atoms with Crippen LogP contribution in [-0.2, 0) is 4.74 Å². The predicted octanol–water partition coefficient (Wildman–Crippen LogP) is 5.17. The van der Waals surface area contributed by atoms with Gasteiger partial charge in [-0.3, -0.25) is 0 Å². The summed E-state index contributed by atoms with van der Waals surface area (Å²) < 4.78 is 5.12. The molecule has 0 spiro atoms. The van der Waals surface area contributed by atoms with Crippen molar-refractivity contribution in [3.8, 4) is 0 Å². The first-order chi connectivity index (χ1) is 10.2. The zero-order chi connectivity index (χ0) is 15.4. The van der Waals surface area contributed by atoms with Crippen molar-refractivity contribution in [3.63, 3.8) is 0 Å². The highest BCUT2D eigenvalue weighted by atomic mass is 16.5. The lowest BCUT2D eigenvalue weighted by Crippen LogP contribution is -2.35. The predicted molar refractivity (Wildman–Crippen MR) is 92.8 cm³/mol. The molecule has 0 saturated heterocycles. The molecule has 0 aromatic carbocycles. The fourth-order valence-electron chi connectivity index (χ4n) is 3.43. The lowest BCUT2D eigenvalue weighted by Gasteiger charge is -2.30. The van der Waals surface area contributed by atoms with Crippen molar-refractivity contribution in [2.45, 2.75) is 84.5 Å². The van der Waals surface area contributed by atoms with Gasteiger partial charge in [0.25, 0.3) is 0 Å². The number of nitrogens with one attached hydrogen (secondary N) is 1. The summed E-state index contributed by atoms with van der Waals surface area (Å²) in [6.45, 7) is 7.80.